The Bertz CT molecular complexity index is 607. The van der Waals surface area contributed by atoms with Gasteiger partial charge in [0.25, 0.3) is 0 Å². The molecule has 0 amide bonds. The number of benzene rings is 1. The highest BCUT2D eigenvalue weighted by atomic mass is 35.5. The normalized spacial score (nSPS) is 11.6. The molecule has 0 aliphatic carbocycles. The Labute approximate surface area is 122 Å². The molecule has 2 aromatic rings. The van der Waals surface area contributed by atoms with Crippen LogP contribution in [0.2, 0.25) is 0 Å². The van der Waals surface area contributed by atoms with Gasteiger partial charge in [0, 0.05) is 17.3 Å². The number of halogens is 1. The molecule has 0 bridgehead atoms. The second-order valence-electron chi connectivity index (χ2n) is 3.99. The summed E-state index contributed by atoms with van der Waals surface area (Å²) in [6, 6.07) is 10.6. The fourth-order valence-corrected chi connectivity index (χ4v) is 3.57. The Hall–Kier alpha value is -0.880. The van der Waals surface area contributed by atoms with Crippen molar-refractivity contribution in [2.24, 2.45) is 0 Å². The average molecular weight is 316 g/mol. The highest BCUT2D eigenvalue weighted by Gasteiger charge is 2.13. The van der Waals surface area contributed by atoms with Crippen LogP contribution in [0, 0.1) is 0 Å². The second-order valence-corrected chi connectivity index (χ2v) is 7.16. The lowest BCUT2D eigenvalue weighted by atomic mass is 10.2. The van der Waals surface area contributed by atoms with Crippen molar-refractivity contribution in [1.82, 2.24) is 4.72 Å². The molecule has 0 saturated heterocycles. The molecule has 0 fully saturated rings. The van der Waals surface area contributed by atoms with E-state index in [0.717, 1.165) is 16.9 Å². The van der Waals surface area contributed by atoms with Crippen LogP contribution in [-0.4, -0.2) is 14.3 Å². The summed E-state index contributed by atoms with van der Waals surface area (Å²) in [5, 5.41) is 1.92. The van der Waals surface area contributed by atoms with Crippen LogP contribution in [0.15, 0.2) is 46.7 Å². The maximum Gasteiger partial charge on any atom is 0.240 e. The smallest absolute Gasteiger partial charge is 0.207 e. The highest BCUT2D eigenvalue weighted by molar-refractivity contribution is 7.89. The van der Waals surface area contributed by atoms with E-state index in [4.69, 9.17) is 11.6 Å². The number of sulfonamides is 1. The number of alkyl halides is 1. The van der Waals surface area contributed by atoms with Crippen LogP contribution in [0.25, 0.3) is 0 Å². The van der Waals surface area contributed by atoms with Gasteiger partial charge in [0.15, 0.2) is 0 Å². The zero-order valence-corrected chi connectivity index (χ0v) is 12.6. The molecular formula is C13H14ClNO2S2. The lowest BCUT2D eigenvalue weighted by molar-refractivity contribution is 0.582. The summed E-state index contributed by atoms with van der Waals surface area (Å²) in [7, 11) is -3.44. The number of hydrogen-bond acceptors (Lipinski definition) is 3. The van der Waals surface area contributed by atoms with Gasteiger partial charge in [0.05, 0.1) is 4.90 Å². The molecule has 0 saturated carbocycles. The molecule has 6 heteroatoms. The van der Waals surface area contributed by atoms with Crippen LogP contribution in [0.3, 0.4) is 0 Å². The average Bonchev–Trinajstić information content (AvgIpc) is 2.91. The highest BCUT2D eigenvalue weighted by Crippen LogP contribution is 2.13. The zero-order chi connectivity index (χ0) is 13.7. The fourth-order valence-electron chi connectivity index (χ4n) is 1.61. The quantitative estimate of drug-likeness (QED) is 0.833. The van der Waals surface area contributed by atoms with Gasteiger partial charge < -0.3 is 0 Å². The van der Waals surface area contributed by atoms with Gasteiger partial charge in [-0.05, 0) is 35.6 Å². The van der Waals surface area contributed by atoms with Gasteiger partial charge in [0.2, 0.25) is 10.0 Å². The van der Waals surface area contributed by atoms with E-state index < -0.39 is 10.0 Å². The van der Waals surface area contributed by atoms with Crippen LogP contribution < -0.4 is 4.72 Å². The first-order valence-electron chi connectivity index (χ1n) is 5.79. The number of nitrogens with one attached hydrogen (secondary N) is 1. The van der Waals surface area contributed by atoms with Crippen LogP contribution in [0.1, 0.15) is 10.4 Å². The molecule has 0 spiro atoms. The third-order valence-corrected chi connectivity index (χ3v) is 5.12. The predicted molar refractivity (Wildman–Crippen MR) is 79.2 cm³/mol. The third kappa shape index (κ3) is 4.04. The first-order chi connectivity index (χ1) is 9.12. The fraction of sp³-hybridized carbons (Fsp3) is 0.231. The van der Waals surface area contributed by atoms with Gasteiger partial charge in [-0.25, -0.2) is 13.1 Å². The summed E-state index contributed by atoms with van der Waals surface area (Å²) in [5.41, 5.74) is 1.03. The van der Waals surface area contributed by atoms with E-state index in [9.17, 15) is 8.42 Å². The van der Waals surface area contributed by atoms with Crippen LogP contribution >= 0.6 is 22.9 Å². The molecule has 0 unspecified atom stereocenters. The topological polar surface area (TPSA) is 46.2 Å². The summed E-state index contributed by atoms with van der Waals surface area (Å²) >= 11 is 7.17. The van der Waals surface area contributed by atoms with Crippen molar-refractivity contribution in [3.05, 3.63) is 52.2 Å². The first-order valence-corrected chi connectivity index (χ1v) is 8.68. The minimum absolute atomic E-state index is 0.280. The van der Waals surface area contributed by atoms with Gasteiger partial charge in [-0.2, -0.15) is 0 Å². The number of hydrogen-bond donors (Lipinski definition) is 1. The van der Waals surface area contributed by atoms with E-state index in [2.05, 4.69) is 4.72 Å². The number of rotatable bonds is 6. The van der Waals surface area contributed by atoms with E-state index in [1.54, 1.807) is 24.3 Å². The van der Waals surface area contributed by atoms with Crippen molar-refractivity contribution in [2.45, 2.75) is 17.9 Å². The maximum atomic E-state index is 12.1. The Morgan fingerprint density at radius 3 is 2.47 bits per heavy atom. The van der Waals surface area contributed by atoms with E-state index in [1.807, 2.05) is 17.5 Å². The molecule has 0 aliphatic rings. The Morgan fingerprint density at radius 2 is 1.89 bits per heavy atom. The molecule has 0 radical (unpaired) electrons. The Morgan fingerprint density at radius 1 is 1.16 bits per heavy atom. The number of thiophene rings is 1. The van der Waals surface area contributed by atoms with Crippen molar-refractivity contribution in [1.29, 1.82) is 0 Å². The standard InChI is InChI=1S/C13H14ClNO2S2/c14-8-7-11-3-5-13(6-4-11)19(16,17)15-10-12-2-1-9-18-12/h1-6,9,15H,7-8,10H2. The predicted octanol–water partition coefficient (Wildman–Crippen LogP) is 3.01. The molecule has 1 N–H and O–H groups in total. The van der Waals surface area contributed by atoms with Crippen molar-refractivity contribution < 1.29 is 8.42 Å². The summed E-state index contributed by atoms with van der Waals surface area (Å²) in [6.07, 6.45) is 0.741. The van der Waals surface area contributed by atoms with E-state index in [0.29, 0.717) is 12.4 Å². The Balaban J connectivity index is 2.06. The minimum atomic E-state index is -3.44. The molecule has 19 heavy (non-hydrogen) atoms. The van der Waals surface area contributed by atoms with Crippen molar-refractivity contribution in [2.75, 3.05) is 5.88 Å². The molecule has 0 aliphatic heterocycles. The van der Waals surface area contributed by atoms with Gasteiger partial charge >= 0.3 is 0 Å². The molecular weight excluding hydrogens is 302 g/mol. The zero-order valence-electron chi connectivity index (χ0n) is 10.2. The summed E-state index contributed by atoms with van der Waals surface area (Å²) in [4.78, 5) is 1.27. The first kappa shape index (κ1) is 14.5. The molecule has 102 valence electrons. The number of aryl methyl sites for hydroxylation is 1. The molecule has 3 nitrogen and oxygen atoms in total. The van der Waals surface area contributed by atoms with Gasteiger partial charge in [0.1, 0.15) is 0 Å². The van der Waals surface area contributed by atoms with E-state index in [1.165, 1.54) is 11.3 Å². The summed E-state index contributed by atoms with van der Waals surface area (Å²) in [5.74, 6) is 0.530. The van der Waals surface area contributed by atoms with Gasteiger partial charge in [-0.1, -0.05) is 18.2 Å². The largest absolute Gasteiger partial charge is 0.240 e. The van der Waals surface area contributed by atoms with Crippen molar-refractivity contribution in [3.63, 3.8) is 0 Å². The molecule has 2 rings (SSSR count). The molecule has 1 aromatic carbocycles. The van der Waals surface area contributed by atoms with Crippen molar-refractivity contribution >= 4 is 33.0 Å². The van der Waals surface area contributed by atoms with Crippen molar-refractivity contribution in [3.8, 4) is 0 Å². The maximum absolute atomic E-state index is 12.1. The molecule has 1 aromatic heterocycles. The van der Waals surface area contributed by atoms with Crippen LogP contribution in [-0.2, 0) is 23.0 Å². The van der Waals surface area contributed by atoms with Crippen LogP contribution in [0.4, 0.5) is 0 Å². The lowest BCUT2D eigenvalue weighted by Crippen LogP contribution is -2.22. The lowest BCUT2D eigenvalue weighted by Gasteiger charge is -2.06. The third-order valence-electron chi connectivity index (χ3n) is 2.63. The van der Waals surface area contributed by atoms with Gasteiger partial charge in [-0.15, -0.1) is 22.9 Å². The van der Waals surface area contributed by atoms with E-state index in [-0.39, 0.29) is 4.90 Å². The molecule has 1 heterocycles. The molecule has 0 atom stereocenters. The Kier molecular flexibility index (Phi) is 4.99. The monoisotopic (exact) mass is 315 g/mol. The SMILES string of the molecule is O=S(=O)(NCc1cccs1)c1ccc(CCCl)cc1. The minimum Gasteiger partial charge on any atom is -0.207 e. The summed E-state index contributed by atoms with van der Waals surface area (Å²) < 4.78 is 26.7. The van der Waals surface area contributed by atoms with Crippen LogP contribution in [0.5, 0.6) is 0 Å². The summed E-state index contributed by atoms with van der Waals surface area (Å²) in [6.45, 7) is 0.323. The van der Waals surface area contributed by atoms with Gasteiger partial charge in [-0.3, -0.25) is 0 Å². The second kappa shape index (κ2) is 6.52. The van der Waals surface area contributed by atoms with E-state index >= 15 is 0 Å².